The maximum atomic E-state index is 10.5. The lowest BCUT2D eigenvalue weighted by molar-refractivity contribution is 0.0541. The molecule has 1 amide bonds. The Bertz CT molecular complexity index is 543. The molecule has 0 radical (unpaired) electrons. The first-order valence-electron chi connectivity index (χ1n) is 9.16. The SMILES string of the molecule is CNC(=O)OC(C)(C)C.c1cc2c(cc1N1CCCC1)CCCC2. The highest BCUT2D eigenvalue weighted by atomic mass is 16.6. The van der Waals surface area contributed by atoms with Crippen LogP contribution in [-0.4, -0.2) is 31.8 Å². The molecule has 2 aliphatic rings. The summed E-state index contributed by atoms with van der Waals surface area (Å²) < 4.78 is 4.84. The van der Waals surface area contributed by atoms with Gasteiger partial charge in [0.25, 0.3) is 0 Å². The van der Waals surface area contributed by atoms with Gasteiger partial charge in [-0.15, -0.1) is 0 Å². The number of benzene rings is 1. The highest BCUT2D eigenvalue weighted by Gasteiger charge is 2.15. The second-order valence-electron chi connectivity index (χ2n) is 7.61. The van der Waals surface area contributed by atoms with Gasteiger partial charge < -0.3 is 15.0 Å². The number of ether oxygens (including phenoxy) is 1. The Kier molecular flexibility index (Phi) is 6.52. The van der Waals surface area contributed by atoms with E-state index in [2.05, 4.69) is 28.4 Å². The van der Waals surface area contributed by atoms with Crippen LogP contribution in [0.4, 0.5) is 10.5 Å². The van der Waals surface area contributed by atoms with E-state index in [1.54, 1.807) is 11.1 Å². The predicted octanol–water partition coefficient (Wildman–Crippen LogP) is 4.31. The molecule has 24 heavy (non-hydrogen) atoms. The number of aryl methyl sites for hydroxylation is 2. The quantitative estimate of drug-likeness (QED) is 0.833. The molecule has 1 aromatic carbocycles. The summed E-state index contributed by atoms with van der Waals surface area (Å²) in [5, 5.41) is 2.36. The van der Waals surface area contributed by atoms with E-state index in [1.165, 1.54) is 64.3 Å². The Hall–Kier alpha value is -1.71. The lowest BCUT2D eigenvalue weighted by atomic mass is 9.91. The molecule has 1 fully saturated rings. The van der Waals surface area contributed by atoms with Crippen LogP contribution in [0.15, 0.2) is 18.2 Å². The molecule has 4 heteroatoms. The van der Waals surface area contributed by atoms with E-state index in [-0.39, 0.29) is 11.7 Å². The van der Waals surface area contributed by atoms with Crippen LogP contribution in [0, 0.1) is 0 Å². The third-order valence-corrected chi connectivity index (χ3v) is 4.41. The summed E-state index contributed by atoms with van der Waals surface area (Å²) in [7, 11) is 1.54. The number of rotatable bonds is 1. The number of anilines is 1. The molecule has 0 bridgehead atoms. The number of nitrogens with zero attached hydrogens (tertiary/aromatic N) is 1. The van der Waals surface area contributed by atoms with Crippen molar-refractivity contribution in [1.29, 1.82) is 0 Å². The Morgan fingerprint density at radius 3 is 2.21 bits per heavy atom. The van der Waals surface area contributed by atoms with Crippen LogP contribution in [0.25, 0.3) is 0 Å². The number of alkyl carbamates (subject to hydrolysis) is 1. The van der Waals surface area contributed by atoms with E-state index in [0.717, 1.165) is 0 Å². The standard InChI is InChI=1S/C14H19N.C6H13NO2/c1-2-6-13-11-14(8-7-12(13)5-1)15-9-3-4-10-15;1-6(2,3)9-5(8)7-4/h7-8,11H,1-6,9-10H2;1-4H3,(H,7,8). The van der Waals surface area contributed by atoms with Gasteiger partial charge in [-0.2, -0.15) is 0 Å². The third kappa shape index (κ3) is 5.73. The first kappa shape index (κ1) is 18.6. The van der Waals surface area contributed by atoms with Gasteiger partial charge in [0, 0.05) is 25.8 Å². The summed E-state index contributed by atoms with van der Waals surface area (Å²) in [5.41, 5.74) is 4.29. The number of amides is 1. The van der Waals surface area contributed by atoms with Gasteiger partial charge in [-0.05, 0) is 82.6 Å². The molecular formula is C20H32N2O2. The van der Waals surface area contributed by atoms with E-state index < -0.39 is 0 Å². The smallest absolute Gasteiger partial charge is 0.407 e. The van der Waals surface area contributed by atoms with Crippen LogP contribution in [0.5, 0.6) is 0 Å². The average molecular weight is 332 g/mol. The predicted molar refractivity (Wildman–Crippen MR) is 99.8 cm³/mol. The van der Waals surface area contributed by atoms with Gasteiger partial charge in [-0.3, -0.25) is 0 Å². The van der Waals surface area contributed by atoms with Gasteiger partial charge in [-0.25, -0.2) is 4.79 Å². The maximum absolute atomic E-state index is 10.5. The van der Waals surface area contributed by atoms with Gasteiger partial charge in [0.2, 0.25) is 0 Å². The molecule has 1 aromatic rings. The van der Waals surface area contributed by atoms with Crippen molar-refractivity contribution in [2.75, 3.05) is 25.0 Å². The van der Waals surface area contributed by atoms with Crippen LogP contribution in [0.1, 0.15) is 57.6 Å². The number of nitrogens with one attached hydrogen (secondary N) is 1. The van der Waals surface area contributed by atoms with Gasteiger partial charge in [0.1, 0.15) is 5.60 Å². The van der Waals surface area contributed by atoms with Crippen molar-refractivity contribution < 1.29 is 9.53 Å². The average Bonchev–Trinajstić information content (AvgIpc) is 3.08. The van der Waals surface area contributed by atoms with Crippen LogP contribution >= 0.6 is 0 Å². The van der Waals surface area contributed by atoms with Crippen molar-refractivity contribution in [1.82, 2.24) is 5.32 Å². The van der Waals surface area contributed by atoms with Gasteiger partial charge >= 0.3 is 6.09 Å². The summed E-state index contributed by atoms with van der Waals surface area (Å²) in [4.78, 5) is 13.0. The van der Waals surface area contributed by atoms with Crippen LogP contribution in [0.3, 0.4) is 0 Å². The zero-order valence-corrected chi connectivity index (χ0v) is 15.7. The molecule has 0 saturated carbocycles. The fourth-order valence-corrected chi connectivity index (χ4v) is 3.22. The minimum absolute atomic E-state index is 0.387. The van der Waals surface area contributed by atoms with Crippen LogP contribution in [-0.2, 0) is 17.6 Å². The fraction of sp³-hybridized carbons (Fsp3) is 0.650. The van der Waals surface area contributed by atoms with Crippen molar-refractivity contribution in [2.24, 2.45) is 0 Å². The lowest BCUT2D eigenvalue weighted by Crippen LogP contribution is -2.30. The Morgan fingerprint density at radius 1 is 1.04 bits per heavy atom. The van der Waals surface area contributed by atoms with Gasteiger partial charge in [-0.1, -0.05) is 6.07 Å². The number of hydrogen-bond acceptors (Lipinski definition) is 3. The molecule has 1 saturated heterocycles. The fourth-order valence-electron chi connectivity index (χ4n) is 3.22. The minimum Gasteiger partial charge on any atom is -0.444 e. The second-order valence-corrected chi connectivity index (χ2v) is 7.61. The highest BCUT2D eigenvalue weighted by Crippen LogP contribution is 2.27. The molecule has 1 aliphatic heterocycles. The topological polar surface area (TPSA) is 41.6 Å². The summed E-state index contributed by atoms with van der Waals surface area (Å²) in [5.74, 6) is 0. The molecule has 1 N–H and O–H groups in total. The zero-order chi connectivity index (χ0) is 17.6. The highest BCUT2D eigenvalue weighted by molar-refractivity contribution is 5.67. The zero-order valence-electron chi connectivity index (χ0n) is 15.7. The number of carbonyl (C=O) groups is 1. The summed E-state index contributed by atoms with van der Waals surface area (Å²) in [6, 6.07) is 7.14. The molecule has 0 atom stereocenters. The van der Waals surface area contributed by atoms with E-state index in [9.17, 15) is 4.79 Å². The Morgan fingerprint density at radius 2 is 1.67 bits per heavy atom. The van der Waals surface area contributed by atoms with Crippen LogP contribution in [0.2, 0.25) is 0 Å². The van der Waals surface area contributed by atoms with E-state index in [0.29, 0.717) is 0 Å². The number of carbonyl (C=O) groups excluding carboxylic acids is 1. The van der Waals surface area contributed by atoms with Crippen molar-refractivity contribution in [3.63, 3.8) is 0 Å². The van der Waals surface area contributed by atoms with Crippen molar-refractivity contribution >= 4 is 11.8 Å². The molecule has 0 aromatic heterocycles. The Labute approximate surface area is 146 Å². The summed E-state index contributed by atoms with van der Waals surface area (Å²) in [6.07, 6.45) is 7.73. The van der Waals surface area contributed by atoms with Crippen molar-refractivity contribution in [2.45, 2.75) is 64.9 Å². The normalized spacial score (nSPS) is 16.8. The van der Waals surface area contributed by atoms with Crippen molar-refractivity contribution in [3.05, 3.63) is 29.3 Å². The third-order valence-electron chi connectivity index (χ3n) is 4.41. The number of fused-ring (bicyclic) bond motifs is 1. The molecule has 3 rings (SSSR count). The van der Waals surface area contributed by atoms with E-state index in [4.69, 9.17) is 4.74 Å². The molecule has 134 valence electrons. The largest absolute Gasteiger partial charge is 0.444 e. The first-order chi connectivity index (χ1) is 11.4. The monoisotopic (exact) mass is 332 g/mol. The minimum atomic E-state index is -0.389. The molecule has 1 heterocycles. The Balaban J connectivity index is 0.000000202. The molecule has 0 spiro atoms. The van der Waals surface area contributed by atoms with Crippen LogP contribution < -0.4 is 10.2 Å². The van der Waals surface area contributed by atoms with E-state index in [1.807, 2.05) is 20.8 Å². The molecule has 1 aliphatic carbocycles. The molecular weight excluding hydrogens is 300 g/mol. The lowest BCUT2D eigenvalue weighted by Gasteiger charge is -2.22. The summed E-state index contributed by atoms with van der Waals surface area (Å²) in [6.45, 7) is 7.99. The molecule has 0 unspecified atom stereocenters. The van der Waals surface area contributed by atoms with Crippen molar-refractivity contribution in [3.8, 4) is 0 Å². The number of hydrogen-bond donors (Lipinski definition) is 1. The van der Waals surface area contributed by atoms with Gasteiger partial charge in [0.15, 0.2) is 0 Å². The van der Waals surface area contributed by atoms with E-state index >= 15 is 0 Å². The summed E-state index contributed by atoms with van der Waals surface area (Å²) >= 11 is 0. The maximum Gasteiger partial charge on any atom is 0.407 e. The molecule has 4 nitrogen and oxygen atoms in total. The second kappa shape index (κ2) is 8.41. The van der Waals surface area contributed by atoms with Gasteiger partial charge in [0.05, 0.1) is 0 Å². The first-order valence-corrected chi connectivity index (χ1v) is 9.16.